The van der Waals surface area contributed by atoms with Crippen molar-refractivity contribution in [3.05, 3.63) is 17.7 Å². The first kappa shape index (κ1) is 13.2. The van der Waals surface area contributed by atoms with E-state index >= 15 is 0 Å². The lowest BCUT2D eigenvalue weighted by Crippen LogP contribution is -2.04. The van der Waals surface area contributed by atoms with E-state index in [1.54, 1.807) is 0 Å². The van der Waals surface area contributed by atoms with Crippen molar-refractivity contribution in [2.75, 3.05) is 20.8 Å². The fraction of sp³-hybridized carbons (Fsp3) is 0.417. The normalized spacial score (nSPS) is 9.82. The van der Waals surface area contributed by atoms with Gasteiger partial charge >= 0.3 is 5.97 Å². The first-order valence-electron chi connectivity index (χ1n) is 5.26. The minimum absolute atomic E-state index is 0.141. The number of benzene rings is 1. The Hall–Kier alpha value is -1.91. The summed E-state index contributed by atoms with van der Waals surface area (Å²) in [5, 5.41) is 9.76. The van der Waals surface area contributed by atoms with E-state index < -0.39 is 5.97 Å². The summed E-state index contributed by atoms with van der Waals surface area (Å²) < 4.78 is 15.0. The van der Waals surface area contributed by atoms with Crippen molar-refractivity contribution in [3.8, 4) is 17.2 Å². The van der Waals surface area contributed by atoms with Gasteiger partial charge in [0.15, 0.2) is 11.5 Å². The minimum Gasteiger partial charge on any atom is -0.504 e. The lowest BCUT2D eigenvalue weighted by atomic mass is 10.2. The predicted octanol–water partition coefficient (Wildman–Crippen LogP) is 1.98. The molecule has 0 amide bonds. The SMILES string of the molecule is CCCOc1c(O)cc(C(=O)OC)cc1OC. The molecule has 5 nitrogen and oxygen atoms in total. The van der Waals surface area contributed by atoms with Gasteiger partial charge in [-0.1, -0.05) is 6.92 Å². The lowest BCUT2D eigenvalue weighted by Gasteiger charge is -2.12. The summed E-state index contributed by atoms with van der Waals surface area (Å²) in [5.41, 5.74) is 0.214. The van der Waals surface area contributed by atoms with Crippen LogP contribution in [-0.4, -0.2) is 31.9 Å². The standard InChI is InChI=1S/C12H16O5/c1-4-5-17-11-9(13)6-8(12(14)16-3)7-10(11)15-2/h6-7,13H,4-5H2,1-3H3. The third-order valence-electron chi connectivity index (χ3n) is 2.13. The van der Waals surface area contributed by atoms with Crippen molar-refractivity contribution < 1.29 is 24.1 Å². The first-order chi connectivity index (χ1) is 8.13. The van der Waals surface area contributed by atoms with Crippen LogP contribution in [0.2, 0.25) is 0 Å². The number of hydrogen-bond donors (Lipinski definition) is 1. The number of aromatic hydroxyl groups is 1. The molecule has 5 heteroatoms. The van der Waals surface area contributed by atoms with Crippen LogP contribution >= 0.6 is 0 Å². The van der Waals surface area contributed by atoms with E-state index in [2.05, 4.69) is 4.74 Å². The molecule has 0 radical (unpaired) electrons. The molecule has 1 rings (SSSR count). The molecule has 0 aliphatic carbocycles. The number of phenolic OH excluding ortho intramolecular Hbond substituents is 1. The smallest absolute Gasteiger partial charge is 0.338 e. The van der Waals surface area contributed by atoms with Gasteiger partial charge in [-0.3, -0.25) is 0 Å². The number of carbonyl (C=O) groups is 1. The van der Waals surface area contributed by atoms with Crippen molar-refractivity contribution in [2.45, 2.75) is 13.3 Å². The highest BCUT2D eigenvalue weighted by atomic mass is 16.5. The highest BCUT2D eigenvalue weighted by Gasteiger charge is 2.16. The Morgan fingerprint density at radius 2 is 2.06 bits per heavy atom. The van der Waals surface area contributed by atoms with Crippen molar-refractivity contribution in [1.29, 1.82) is 0 Å². The molecule has 0 heterocycles. The zero-order chi connectivity index (χ0) is 12.8. The van der Waals surface area contributed by atoms with Gasteiger partial charge in [-0.2, -0.15) is 0 Å². The molecule has 17 heavy (non-hydrogen) atoms. The predicted molar refractivity (Wildman–Crippen MR) is 61.8 cm³/mol. The summed E-state index contributed by atoms with van der Waals surface area (Å²) in [5.74, 6) is -0.139. The fourth-order valence-corrected chi connectivity index (χ4v) is 1.32. The van der Waals surface area contributed by atoms with Crippen molar-refractivity contribution in [2.24, 2.45) is 0 Å². The molecule has 0 aromatic heterocycles. The Morgan fingerprint density at radius 1 is 1.35 bits per heavy atom. The number of hydrogen-bond acceptors (Lipinski definition) is 5. The number of rotatable bonds is 5. The summed E-state index contributed by atoms with van der Waals surface area (Å²) >= 11 is 0. The van der Waals surface area contributed by atoms with Crippen LogP contribution in [0.1, 0.15) is 23.7 Å². The molecule has 94 valence electrons. The number of ether oxygens (including phenoxy) is 3. The Bertz CT molecular complexity index is 400. The number of esters is 1. The molecular formula is C12H16O5. The molecular weight excluding hydrogens is 224 g/mol. The van der Waals surface area contributed by atoms with Crippen LogP contribution in [0, 0.1) is 0 Å². The van der Waals surface area contributed by atoms with Gasteiger partial charge < -0.3 is 19.3 Å². The van der Waals surface area contributed by atoms with Gasteiger partial charge in [0.25, 0.3) is 0 Å². The highest BCUT2D eigenvalue weighted by molar-refractivity contribution is 5.91. The fourth-order valence-electron chi connectivity index (χ4n) is 1.32. The molecule has 0 aliphatic heterocycles. The number of carbonyl (C=O) groups excluding carboxylic acids is 1. The molecule has 0 saturated carbocycles. The summed E-state index contributed by atoms with van der Waals surface area (Å²) in [6.45, 7) is 2.41. The van der Waals surface area contributed by atoms with Gasteiger partial charge in [-0.05, 0) is 18.6 Å². The van der Waals surface area contributed by atoms with Gasteiger partial charge in [0.2, 0.25) is 5.75 Å². The van der Waals surface area contributed by atoms with Gasteiger partial charge in [0.05, 0.1) is 26.4 Å². The van der Waals surface area contributed by atoms with Crippen LogP contribution in [0.5, 0.6) is 17.2 Å². The molecule has 0 fully saturated rings. The summed E-state index contributed by atoms with van der Waals surface area (Å²) in [6.07, 6.45) is 0.807. The van der Waals surface area contributed by atoms with Crippen LogP contribution < -0.4 is 9.47 Å². The summed E-state index contributed by atoms with van der Waals surface area (Å²) in [6, 6.07) is 2.76. The average molecular weight is 240 g/mol. The van der Waals surface area contributed by atoms with E-state index in [0.717, 1.165) is 6.42 Å². The van der Waals surface area contributed by atoms with Gasteiger partial charge in [-0.15, -0.1) is 0 Å². The maximum Gasteiger partial charge on any atom is 0.338 e. The van der Waals surface area contributed by atoms with Crippen LogP contribution in [0.3, 0.4) is 0 Å². The van der Waals surface area contributed by atoms with Crippen LogP contribution in [0.25, 0.3) is 0 Å². The van der Waals surface area contributed by atoms with Crippen molar-refractivity contribution in [3.63, 3.8) is 0 Å². The van der Waals surface area contributed by atoms with Crippen LogP contribution in [0.15, 0.2) is 12.1 Å². The zero-order valence-electron chi connectivity index (χ0n) is 10.1. The van der Waals surface area contributed by atoms with E-state index in [9.17, 15) is 9.90 Å². The van der Waals surface area contributed by atoms with E-state index in [1.165, 1.54) is 26.4 Å². The molecule has 0 atom stereocenters. The largest absolute Gasteiger partial charge is 0.504 e. The minimum atomic E-state index is -0.541. The average Bonchev–Trinajstić information content (AvgIpc) is 2.35. The van der Waals surface area contributed by atoms with Gasteiger partial charge in [0, 0.05) is 0 Å². The number of phenols is 1. The quantitative estimate of drug-likeness (QED) is 0.797. The second-order valence-corrected chi connectivity index (χ2v) is 3.37. The molecule has 0 unspecified atom stereocenters. The molecule has 1 aromatic rings. The maximum atomic E-state index is 11.3. The third-order valence-corrected chi connectivity index (χ3v) is 2.13. The Labute approximate surface area is 99.9 Å². The second-order valence-electron chi connectivity index (χ2n) is 3.37. The monoisotopic (exact) mass is 240 g/mol. The van der Waals surface area contributed by atoms with Crippen LogP contribution in [0.4, 0.5) is 0 Å². The Morgan fingerprint density at radius 3 is 2.59 bits per heavy atom. The maximum absolute atomic E-state index is 11.3. The summed E-state index contributed by atoms with van der Waals surface area (Å²) in [4.78, 5) is 11.3. The Kier molecular flexibility index (Phi) is 4.63. The van der Waals surface area contributed by atoms with Gasteiger partial charge in [0.1, 0.15) is 0 Å². The van der Waals surface area contributed by atoms with E-state index in [0.29, 0.717) is 12.4 Å². The third kappa shape index (κ3) is 3.03. The van der Waals surface area contributed by atoms with E-state index in [-0.39, 0.29) is 17.1 Å². The highest BCUT2D eigenvalue weighted by Crippen LogP contribution is 2.37. The van der Waals surface area contributed by atoms with E-state index in [4.69, 9.17) is 9.47 Å². The Balaban J connectivity index is 3.11. The van der Waals surface area contributed by atoms with Crippen molar-refractivity contribution in [1.82, 2.24) is 0 Å². The molecule has 0 spiro atoms. The number of methoxy groups -OCH3 is 2. The summed E-state index contributed by atoms with van der Waals surface area (Å²) in [7, 11) is 2.71. The molecule has 1 aromatic carbocycles. The first-order valence-corrected chi connectivity index (χ1v) is 5.26. The molecule has 1 N–H and O–H groups in total. The molecule has 0 aliphatic rings. The van der Waals surface area contributed by atoms with Gasteiger partial charge in [-0.25, -0.2) is 4.79 Å². The lowest BCUT2D eigenvalue weighted by molar-refractivity contribution is 0.0599. The van der Waals surface area contributed by atoms with Crippen molar-refractivity contribution >= 4 is 5.97 Å². The zero-order valence-corrected chi connectivity index (χ0v) is 10.1. The molecule has 0 saturated heterocycles. The van der Waals surface area contributed by atoms with E-state index in [1.807, 2.05) is 6.92 Å². The molecule has 0 bridgehead atoms. The topological polar surface area (TPSA) is 65.0 Å². The van der Waals surface area contributed by atoms with Crippen LogP contribution in [-0.2, 0) is 4.74 Å². The second kappa shape index (κ2) is 5.98.